The fraction of sp³-hybridized carbons (Fsp3) is 0.286. The van der Waals surface area contributed by atoms with Crippen molar-refractivity contribution in [3.05, 3.63) is 51.5 Å². The lowest BCUT2D eigenvalue weighted by Gasteiger charge is -2.15. The molecule has 1 aromatic heterocycles. The highest BCUT2D eigenvalue weighted by Gasteiger charge is 2.13. The molecule has 0 atom stereocenters. The zero-order valence-corrected chi connectivity index (χ0v) is 12.0. The van der Waals surface area contributed by atoms with Gasteiger partial charge < -0.3 is 0 Å². The van der Waals surface area contributed by atoms with E-state index in [1.807, 2.05) is 11.8 Å². The summed E-state index contributed by atoms with van der Waals surface area (Å²) < 4.78 is 25.9. The zero-order chi connectivity index (χ0) is 14.7. The molecule has 0 aliphatic heterocycles. The Balaban J connectivity index is 2.00. The van der Waals surface area contributed by atoms with Crippen molar-refractivity contribution in [1.29, 1.82) is 0 Å². The number of benzene rings is 1. The van der Waals surface area contributed by atoms with Gasteiger partial charge in [-0.05, 0) is 32.2 Å². The lowest BCUT2D eigenvalue weighted by atomic mass is 10.1. The normalized spacial score (nSPS) is 11.1. The fourth-order valence-corrected chi connectivity index (χ4v) is 2.64. The van der Waals surface area contributed by atoms with Gasteiger partial charge in [-0.3, -0.25) is 9.69 Å². The Hall–Kier alpha value is -1.66. The molecule has 1 heterocycles. The van der Waals surface area contributed by atoms with E-state index in [2.05, 4.69) is 4.98 Å². The maximum absolute atomic E-state index is 13.1. The van der Waals surface area contributed by atoms with Crippen LogP contribution in [0.2, 0.25) is 0 Å². The Morgan fingerprint density at radius 1 is 1.35 bits per heavy atom. The van der Waals surface area contributed by atoms with Crippen LogP contribution >= 0.6 is 11.3 Å². The molecule has 0 aliphatic rings. The first-order valence-electron chi connectivity index (χ1n) is 6.03. The minimum atomic E-state index is -1.00. The van der Waals surface area contributed by atoms with E-state index in [0.29, 0.717) is 6.54 Å². The monoisotopic (exact) mass is 296 g/mol. The molecule has 2 aromatic rings. The minimum absolute atomic E-state index is 0.141. The smallest absolute Gasteiger partial charge is 0.176 e. The molecule has 0 N–H and O–H groups in total. The molecule has 3 nitrogen and oxygen atoms in total. The minimum Gasteiger partial charge on any atom is -0.294 e. The van der Waals surface area contributed by atoms with E-state index in [1.54, 1.807) is 12.6 Å². The van der Waals surface area contributed by atoms with Crippen LogP contribution in [0.5, 0.6) is 0 Å². The van der Waals surface area contributed by atoms with Crippen molar-refractivity contribution in [2.45, 2.75) is 13.5 Å². The summed E-state index contributed by atoms with van der Waals surface area (Å²) in [6, 6.07) is 3.20. The van der Waals surface area contributed by atoms with Crippen LogP contribution in [0.4, 0.5) is 8.78 Å². The number of nitrogens with zero attached hydrogens (tertiary/aromatic N) is 2. The van der Waals surface area contributed by atoms with E-state index in [0.717, 1.165) is 22.7 Å². The van der Waals surface area contributed by atoms with Crippen LogP contribution in [0.15, 0.2) is 23.7 Å². The van der Waals surface area contributed by atoms with Gasteiger partial charge in [0, 0.05) is 17.0 Å². The largest absolute Gasteiger partial charge is 0.294 e. The number of likely N-dealkylation sites (N-methyl/N-ethyl adjacent to an activating group) is 1. The van der Waals surface area contributed by atoms with Crippen molar-refractivity contribution in [2.75, 3.05) is 13.6 Å². The molecule has 0 saturated carbocycles. The number of hydrogen-bond donors (Lipinski definition) is 0. The third kappa shape index (κ3) is 3.46. The Morgan fingerprint density at radius 3 is 2.70 bits per heavy atom. The first kappa shape index (κ1) is 14.7. The Bertz CT molecular complexity index is 627. The number of hydrogen-bond acceptors (Lipinski definition) is 4. The van der Waals surface area contributed by atoms with E-state index in [9.17, 15) is 13.6 Å². The molecule has 0 bridgehead atoms. The highest BCUT2D eigenvalue weighted by Crippen LogP contribution is 2.15. The molecule has 0 spiro atoms. The van der Waals surface area contributed by atoms with Gasteiger partial charge in [-0.25, -0.2) is 13.8 Å². The summed E-state index contributed by atoms with van der Waals surface area (Å²) in [4.78, 5) is 19.0. The van der Waals surface area contributed by atoms with E-state index >= 15 is 0 Å². The summed E-state index contributed by atoms with van der Waals surface area (Å²) in [7, 11) is 1.80. The molecule has 0 fully saturated rings. The zero-order valence-electron chi connectivity index (χ0n) is 11.2. The van der Waals surface area contributed by atoms with Crippen molar-refractivity contribution in [2.24, 2.45) is 0 Å². The molecule has 1 aromatic carbocycles. The lowest BCUT2D eigenvalue weighted by molar-refractivity contribution is 0.0943. The van der Waals surface area contributed by atoms with E-state index in [4.69, 9.17) is 0 Å². The SMILES string of the molecule is Cc1ncsc1CN(C)CC(=O)c1ccc(F)c(F)c1. The summed E-state index contributed by atoms with van der Waals surface area (Å²) >= 11 is 1.53. The average molecular weight is 296 g/mol. The summed E-state index contributed by atoms with van der Waals surface area (Å²) in [6.07, 6.45) is 0. The molecule has 0 aliphatic carbocycles. The Morgan fingerprint density at radius 2 is 2.10 bits per heavy atom. The standard InChI is InChI=1S/C14H14F2N2OS/c1-9-14(20-8-17-9)7-18(2)6-13(19)10-3-4-11(15)12(16)5-10/h3-5,8H,6-7H2,1-2H3. The third-order valence-corrected chi connectivity index (χ3v) is 3.83. The predicted molar refractivity (Wildman–Crippen MR) is 73.9 cm³/mol. The number of carbonyl (C=O) groups excluding carboxylic acids is 1. The van der Waals surface area contributed by atoms with Crippen molar-refractivity contribution < 1.29 is 13.6 Å². The van der Waals surface area contributed by atoms with Gasteiger partial charge in [-0.15, -0.1) is 11.3 Å². The second-order valence-corrected chi connectivity index (χ2v) is 5.52. The van der Waals surface area contributed by atoms with E-state index < -0.39 is 11.6 Å². The number of thiazole rings is 1. The van der Waals surface area contributed by atoms with Gasteiger partial charge in [0.05, 0.1) is 17.7 Å². The van der Waals surface area contributed by atoms with Gasteiger partial charge in [0.2, 0.25) is 0 Å². The average Bonchev–Trinajstić information content (AvgIpc) is 2.78. The molecular formula is C14H14F2N2OS. The quantitative estimate of drug-likeness (QED) is 0.795. The van der Waals surface area contributed by atoms with Crippen molar-refractivity contribution >= 4 is 17.1 Å². The fourth-order valence-electron chi connectivity index (χ4n) is 1.79. The van der Waals surface area contributed by atoms with Gasteiger partial charge in [-0.1, -0.05) is 0 Å². The summed E-state index contributed by atoms with van der Waals surface area (Å²) in [5, 5.41) is 0. The topological polar surface area (TPSA) is 33.2 Å². The summed E-state index contributed by atoms with van der Waals surface area (Å²) in [5.74, 6) is -2.19. The number of aromatic nitrogens is 1. The number of aryl methyl sites for hydroxylation is 1. The number of carbonyl (C=O) groups is 1. The van der Waals surface area contributed by atoms with Crippen LogP contribution in [0, 0.1) is 18.6 Å². The number of rotatable bonds is 5. The maximum Gasteiger partial charge on any atom is 0.176 e. The van der Waals surface area contributed by atoms with Crippen molar-refractivity contribution in [3.8, 4) is 0 Å². The molecule has 0 amide bonds. The molecule has 0 unspecified atom stereocenters. The van der Waals surface area contributed by atoms with Gasteiger partial charge in [0.25, 0.3) is 0 Å². The third-order valence-electron chi connectivity index (χ3n) is 2.91. The predicted octanol–water partition coefficient (Wildman–Crippen LogP) is 3.04. The van der Waals surface area contributed by atoms with Crippen molar-refractivity contribution in [3.63, 3.8) is 0 Å². The molecule has 6 heteroatoms. The summed E-state index contributed by atoms with van der Waals surface area (Å²) in [6.45, 7) is 2.66. The number of ketones is 1. The molecule has 0 saturated heterocycles. The Kier molecular flexibility index (Phi) is 4.57. The molecule has 20 heavy (non-hydrogen) atoms. The van der Waals surface area contributed by atoms with Crippen LogP contribution in [0.1, 0.15) is 20.9 Å². The van der Waals surface area contributed by atoms with E-state index in [-0.39, 0.29) is 17.9 Å². The van der Waals surface area contributed by atoms with Crippen molar-refractivity contribution in [1.82, 2.24) is 9.88 Å². The molecule has 0 radical (unpaired) electrons. The van der Waals surface area contributed by atoms with Gasteiger partial charge >= 0.3 is 0 Å². The van der Waals surface area contributed by atoms with Crippen LogP contribution < -0.4 is 0 Å². The first-order valence-corrected chi connectivity index (χ1v) is 6.91. The van der Waals surface area contributed by atoms with Crippen LogP contribution in [-0.2, 0) is 6.54 Å². The second-order valence-electron chi connectivity index (χ2n) is 4.59. The highest BCUT2D eigenvalue weighted by molar-refractivity contribution is 7.09. The Labute approximate surface area is 119 Å². The van der Waals surface area contributed by atoms with E-state index in [1.165, 1.54) is 17.4 Å². The number of Topliss-reactive ketones (excluding diaryl/α,β-unsaturated/α-hetero) is 1. The highest BCUT2D eigenvalue weighted by atomic mass is 32.1. The second kappa shape index (κ2) is 6.19. The molecule has 106 valence electrons. The molecular weight excluding hydrogens is 282 g/mol. The van der Waals surface area contributed by atoms with Crippen LogP contribution in [0.3, 0.4) is 0 Å². The first-order chi connectivity index (χ1) is 9.47. The van der Waals surface area contributed by atoms with Gasteiger partial charge in [-0.2, -0.15) is 0 Å². The molecule has 2 rings (SSSR count). The lowest BCUT2D eigenvalue weighted by Crippen LogP contribution is -2.25. The van der Waals surface area contributed by atoms with Crippen LogP contribution in [0.25, 0.3) is 0 Å². The summed E-state index contributed by atoms with van der Waals surface area (Å²) in [5.41, 5.74) is 2.88. The van der Waals surface area contributed by atoms with Crippen LogP contribution in [-0.4, -0.2) is 29.3 Å². The van der Waals surface area contributed by atoms with Gasteiger partial charge in [0.15, 0.2) is 17.4 Å². The van der Waals surface area contributed by atoms with Gasteiger partial charge in [0.1, 0.15) is 0 Å². The maximum atomic E-state index is 13.1. The number of halogens is 2.